The fourth-order valence-electron chi connectivity index (χ4n) is 1.88. The maximum atomic E-state index is 12.0. The molecule has 2 aromatic rings. The number of rotatable bonds is 4. The van der Waals surface area contributed by atoms with Crippen molar-refractivity contribution in [2.24, 2.45) is 0 Å². The maximum absolute atomic E-state index is 12.0. The van der Waals surface area contributed by atoms with Gasteiger partial charge in [-0.05, 0) is 24.3 Å². The second-order valence-corrected chi connectivity index (χ2v) is 4.85. The van der Waals surface area contributed by atoms with Crippen molar-refractivity contribution in [2.75, 3.05) is 6.54 Å². The zero-order valence-electron chi connectivity index (χ0n) is 11.1. The molecule has 0 aliphatic carbocycles. The van der Waals surface area contributed by atoms with Crippen molar-refractivity contribution in [1.29, 1.82) is 5.26 Å². The molecule has 4 nitrogen and oxygen atoms in total. The Hall–Kier alpha value is -2.35. The molecule has 0 unspecified atom stereocenters. The van der Waals surface area contributed by atoms with Crippen LogP contribution in [0, 0.1) is 11.3 Å². The van der Waals surface area contributed by atoms with Gasteiger partial charge in [0.25, 0.3) is 5.91 Å². The Labute approximate surface area is 127 Å². The molecule has 0 aromatic heterocycles. The van der Waals surface area contributed by atoms with Crippen molar-refractivity contribution in [2.45, 2.75) is 6.10 Å². The molecule has 0 heterocycles. The van der Waals surface area contributed by atoms with Gasteiger partial charge in [-0.25, -0.2) is 0 Å². The standard InChI is InChI=1S/C16H13ClN2O2/c17-14-7-2-1-6-13(14)15(20)10-19-16(21)12-5-3-4-11(8-12)9-18/h1-8,15,20H,10H2,(H,19,21)/t15-/m1/s1. The second kappa shape index (κ2) is 6.89. The van der Waals surface area contributed by atoms with Gasteiger partial charge in [-0.2, -0.15) is 5.26 Å². The Balaban J connectivity index is 2.01. The van der Waals surface area contributed by atoms with Crippen molar-refractivity contribution < 1.29 is 9.90 Å². The van der Waals surface area contributed by atoms with E-state index in [2.05, 4.69) is 5.32 Å². The molecule has 21 heavy (non-hydrogen) atoms. The molecule has 0 bridgehead atoms. The van der Waals surface area contributed by atoms with Crippen molar-refractivity contribution in [3.63, 3.8) is 0 Å². The van der Waals surface area contributed by atoms with Crippen molar-refractivity contribution >= 4 is 17.5 Å². The van der Waals surface area contributed by atoms with Gasteiger partial charge in [0.1, 0.15) is 0 Å². The fourth-order valence-corrected chi connectivity index (χ4v) is 2.14. The third-order valence-electron chi connectivity index (χ3n) is 2.97. The lowest BCUT2D eigenvalue weighted by Gasteiger charge is -2.13. The molecule has 1 amide bonds. The van der Waals surface area contributed by atoms with E-state index >= 15 is 0 Å². The predicted octanol–water partition coefficient (Wildman–Crippen LogP) is 2.68. The molecule has 0 spiro atoms. The van der Waals surface area contributed by atoms with Gasteiger partial charge in [-0.1, -0.05) is 35.9 Å². The number of benzene rings is 2. The van der Waals surface area contributed by atoms with Gasteiger partial charge >= 0.3 is 0 Å². The molecule has 0 aliphatic rings. The van der Waals surface area contributed by atoms with Crippen LogP contribution in [0.4, 0.5) is 0 Å². The summed E-state index contributed by atoms with van der Waals surface area (Å²) in [5, 5.41) is 21.9. The minimum Gasteiger partial charge on any atom is -0.387 e. The van der Waals surface area contributed by atoms with E-state index in [0.29, 0.717) is 21.7 Å². The average Bonchev–Trinajstić information content (AvgIpc) is 2.52. The molecule has 106 valence electrons. The van der Waals surface area contributed by atoms with E-state index in [4.69, 9.17) is 16.9 Å². The van der Waals surface area contributed by atoms with Crippen LogP contribution in [0.5, 0.6) is 0 Å². The van der Waals surface area contributed by atoms with Crippen LogP contribution in [0.2, 0.25) is 5.02 Å². The number of nitrogens with one attached hydrogen (secondary N) is 1. The van der Waals surface area contributed by atoms with E-state index < -0.39 is 6.10 Å². The molecule has 2 N–H and O–H groups in total. The maximum Gasteiger partial charge on any atom is 0.251 e. The summed E-state index contributed by atoms with van der Waals surface area (Å²) in [6, 6.07) is 15.3. The zero-order valence-corrected chi connectivity index (χ0v) is 11.8. The van der Waals surface area contributed by atoms with Gasteiger partial charge in [0, 0.05) is 22.7 Å². The third-order valence-corrected chi connectivity index (χ3v) is 3.32. The Morgan fingerprint density at radius 3 is 2.76 bits per heavy atom. The van der Waals surface area contributed by atoms with Crippen molar-refractivity contribution in [1.82, 2.24) is 5.32 Å². The van der Waals surface area contributed by atoms with Gasteiger partial charge < -0.3 is 10.4 Å². The summed E-state index contributed by atoms with van der Waals surface area (Å²) in [5.74, 6) is -0.349. The van der Waals surface area contributed by atoms with Crippen LogP contribution in [-0.4, -0.2) is 17.6 Å². The minimum atomic E-state index is -0.887. The summed E-state index contributed by atoms with van der Waals surface area (Å²) in [7, 11) is 0. The van der Waals surface area contributed by atoms with E-state index in [-0.39, 0.29) is 12.5 Å². The van der Waals surface area contributed by atoms with E-state index in [1.165, 1.54) is 6.07 Å². The van der Waals surface area contributed by atoms with Crippen LogP contribution in [0.25, 0.3) is 0 Å². The highest BCUT2D eigenvalue weighted by molar-refractivity contribution is 6.31. The van der Waals surface area contributed by atoms with Crippen molar-refractivity contribution in [3.05, 3.63) is 70.2 Å². The SMILES string of the molecule is N#Cc1cccc(C(=O)NC[C@@H](O)c2ccccc2Cl)c1. The summed E-state index contributed by atoms with van der Waals surface area (Å²) < 4.78 is 0. The number of carbonyl (C=O) groups excluding carboxylic acids is 1. The van der Waals surface area contributed by atoms with Crippen LogP contribution in [0.1, 0.15) is 27.6 Å². The van der Waals surface area contributed by atoms with Crippen LogP contribution >= 0.6 is 11.6 Å². The predicted molar refractivity (Wildman–Crippen MR) is 79.9 cm³/mol. The molecule has 0 radical (unpaired) electrons. The van der Waals surface area contributed by atoms with Gasteiger partial charge in [0.2, 0.25) is 0 Å². The van der Waals surface area contributed by atoms with Gasteiger partial charge in [-0.15, -0.1) is 0 Å². The quantitative estimate of drug-likeness (QED) is 0.911. The number of carbonyl (C=O) groups is 1. The van der Waals surface area contributed by atoms with Crippen LogP contribution in [0.15, 0.2) is 48.5 Å². The molecule has 5 heteroatoms. The smallest absolute Gasteiger partial charge is 0.251 e. The molecule has 0 aliphatic heterocycles. The molecular formula is C16H13ClN2O2. The van der Waals surface area contributed by atoms with Gasteiger partial charge in [0.15, 0.2) is 0 Å². The summed E-state index contributed by atoms with van der Waals surface area (Å²) >= 11 is 5.98. The monoisotopic (exact) mass is 300 g/mol. The molecule has 0 saturated carbocycles. The highest BCUT2D eigenvalue weighted by Gasteiger charge is 2.13. The highest BCUT2D eigenvalue weighted by Crippen LogP contribution is 2.21. The van der Waals surface area contributed by atoms with Crippen molar-refractivity contribution in [3.8, 4) is 6.07 Å². The van der Waals surface area contributed by atoms with E-state index in [0.717, 1.165) is 0 Å². The molecule has 0 fully saturated rings. The lowest BCUT2D eigenvalue weighted by Crippen LogP contribution is -2.28. The molecule has 2 rings (SSSR count). The third kappa shape index (κ3) is 3.82. The van der Waals surface area contributed by atoms with E-state index in [9.17, 15) is 9.90 Å². The number of nitrogens with zero attached hydrogens (tertiary/aromatic N) is 1. The number of hydrogen-bond acceptors (Lipinski definition) is 3. The van der Waals surface area contributed by atoms with Crippen LogP contribution < -0.4 is 5.32 Å². The first kappa shape index (κ1) is 15.0. The topological polar surface area (TPSA) is 73.1 Å². The number of aliphatic hydroxyl groups is 1. The van der Waals surface area contributed by atoms with E-state index in [1.807, 2.05) is 6.07 Å². The number of halogens is 1. The number of aliphatic hydroxyl groups excluding tert-OH is 1. The molecule has 0 saturated heterocycles. The Bertz CT molecular complexity index is 695. The molecule has 2 aromatic carbocycles. The summed E-state index contributed by atoms with van der Waals surface area (Å²) in [4.78, 5) is 12.0. The average molecular weight is 301 g/mol. The lowest BCUT2D eigenvalue weighted by atomic mass is 10.1. The number of hydrogen-bond donors (Lipinski definition) is 2. The summed E-state index contributed by atoms with van der Waals surface area (Å²) in [5.41, 5.74) is 1.35. The number of amides is 1. The fraction of sp³-hybridized carbons (Fsp3) is 0.125. The van der Waals surface area contributed by atoms with Gasteiger partial charge in [0.05, 0.1) is 17.7 Å². The minimum absolute atomic E-state index is 0.0410. The number of nitriles is 1. The zero-order chi connectivity index (χ0) is 15.2. The second-order valence-electron chi connectivity index (χ2n) is 4.44. The molecule has 1 atom stereocenters. The Kier molecular flexibility index (Phi) is 4.94. The summed E-state index contributed by atoms with van der Waals surface area (Å²) in [6.07, 6.45) is -0.887. The first-order chi connectivity index (χ1) is 10.1. The Morgan fingerprint density at radius 2 is 2.05 bits per heavy atom. The normalized spacial score (nSPS) is 11.5. The largest absolute Gasteiger partial charge is 0.387 e. The first-order valence-electron chi connectivity index (χ1n) is 6.32. The molecular weight excluding hydrogens is 288 g/mol. The summed E-state index contributed by atoms with van der Waals surface area (Å²) in [6.45, 7) is 0.0410. The lowest BCUT2D eigenvalue weighted by molar-refractivity contribution is 0.0916. The first-order valence-corrected chi connectivity index (χ1v) is 6.70. The van der Waals surface area contributed by atoms with Crippen LogP contribution in [-0.2, 0) is 0 Å². The highest BCUT2D eigenvalue weighted by atomic mass is 35.5. The van der Waals surface area contributed by atoms with E-state index in [1.54, 1.807) is 42.5 Å². The van der Waals surface area contributed by atoms with Crippen LogP contribution in [0.3, 0.4) is 0 Å². The van der Waals surface area contributed by atoms with Gasteiger partial charge in [-0.3, -0.25) is 4.79 Å². The Morgan fingerprint density at radius 1 is 1.29 bits per heavy atom.